The van der Waals surface area contributed by atoms with Crippen molar-refractivity contribution in [1.29, 1.82) is 0 Å². The van der Waals surface area contributed by atoms with E-state index in [1.165, 1.54) is 19.3 Å². The second kappa shape index (κ2) is 6.55. The Hall–Kier alpha value is -1.35. The van der Waals surface area contributed by atoms with Crippen molar-refractivity contribution in [3.8, 4) is 0 Å². The van der Waals surface area contributed by atoms with Crippen molar-refractivity contribution in [1.82, 2.24) is 4.90 Å². The molecule has 1 aliphatic rings. The van der Waals surface area contributed by atoms with E-state index in [-0.39, 0.29) is 5.92 Å². The van der Waals surface area contributed by atoms with Crippen molar-refractivity contribution in [2.45, 2.75) is 25.7 Å². The normalized spacial score (nSPS) is 18.4. The molecule has 3 nitrogen and oxygen atoms in total. The maximum atomic E-state index is 11.4. The van der Waals surface area contributed by atoms with Gasteiger partial charge in [0.05, 0.1) is 5.92 Å². The Morgan fingerprint density at radius 1 is 1.17 bits per heavy atom. The highest BCUT2D eigenvalue weighted by Gasteiger charge is 2.22. The lowest BCUT2D eigenvalue weighted by Crippen LogP contribution is -2.37. The van der Waals surface area contributed by atoms with Crippen LogP contribution in [0.25, 0.3) is 0 Å². The van der Waals surface area contributed by atoms with Gasteiger partial charge in [-0.3, -0.25) is 4.79 Å². The second-order valence-corrected chi connectivity index (χ2v) is 5.09. The van der Waals surface area contributed by atoms with Crippen molar-refractivity contribution in [2.75, 3.05) is 19.6 Å². The number of rotatable bonds is 5. The quantitative estimate of drug-likeness (QED) is 0.868. The maximum absolute atomic E-state index is 11.4. The van der Waals surface area contributed by atoms with E-state index in [0.717, 1.165) is 18.7 Å². The number of nitrogens with zero attached hydrogens (tertiary/aromatic N) is 1. The van der Waals surface area contributed by atoms with Gasteiger partial charge >= 0.3 is 5.97 Å². The topological polar surface area (TPSA) is 40.5 Å². The molecule has 1 atom stereocenters. The van der Waals surface area contributed by atoms with E-state index in [1.54, 1.807) is 0 Å². The van der Waals surface area contributed by atoms with Gasteiger partial charge in [0.1, 0.15) is 0 Å². The van der Waals surface area contributed by atoms with Crippen molar-refractivity contribution in [3.05, 3.63) is 35.9 Å². The molecule has 0 radical (unpaired) electrons. The number of carboxylic acids is 1. The third-order valence-electron chi connectivity index (χ3n) is 3.60. The fourth-order valence-corrected chi connectivity index (χ4v) is 2.58. The largest absolute Gasteiger partial charge is 0.481 e. The molecule has 0 amide bonds. The number of hydrogen-bond acceptors (Lipinski definition) is 2. The minimum absolute atomic E-state index is 0.287. The van der Waals surface area contributed by atoms with E-state index in [1.807, 2.05) is 30.3 Å². The van der Waals surface area contributed by atoms with Gasteiger partial charge in [0.15, 0.2) is 0 Å². The molecule has 0 aliphatic carbocycles. The minimum Gasteiger partial charge on any atom is -0.481 e. The fourth-order valence-electron chi connectivity index (χ4n) is 2.58. The minimum atomic E-state index is -0.676. The molecule has 1 saturated heterocycles. The summed E-state index contributed by atoms with van der Waals surface area (Å²) in [6, 6.07) is 9.91. The zero-order chi connectivity index (χ0) is 12.8. The van der Waals surface area contributed by atoms with Gasteiger partial charge in [-0.25, -0.2) is 0 Å². The number of benzene rings is 1. The van der Waals surface area contributed by atoms with Gasteiger partial charge in [0.2, 0.25) is 0 Å². The standard InChI is InChI=1S/C15H21NO2/c17-15(18)14(11-13-7-3-1-4-8-13)12-16-9-5-2-6-10-16/h1,3-4,7-8,14H,2,5-6,9-12H2,(H,17,18). The first-order chi connectivity index (χ1) is 8.75. The molecule has 3 heteroatoms. The van der Waals surface area contributed by atoms with Crippen molar-refractivity contribution >= 4 is 5.97 Å². The summed E-state index contributed by atoms with van der Waals surface area (Å²) in [7, 11) is 0. The van der Waals surface area contributed by atoms with Gasteiger partial charge in [-0.2, -0.15) is 0 Å². The Kier molecular flexibility index (Phi) is 4.76. The zero-order valence-corrected chi connectivity index (χ0v) is 10.7. The van der Waals surface area contributed by atoms with E-state index in [0.29, 0.717) is 13.0 Å². The van der Waals surface area contributed by atoms with E-state index >= 15 is 0 Å². The first-order valence-electron chi connectivity index (χ1n) is 6.75. The van der Waals surface area contributed by atoms with Crippen LogP contribution in [-0.2, 0) is 11.2 Å². The summed E-state index contributed by atoms with van der Waals surface area (Å²) in [5.74, 6) is -0.963. The molecule has 1 unspecified atom stereocenters. The summed E-state index contributed by atoms with van der Waals surface area (Å²) in [4.78, 5) is 13.6. The first-order valence-corrected chi connectivity index (χ1v) is 6.75. The number of hydrogen-bond donors (Lipinski definition) is 1. The molecule has 0 spiro atoms. The molecule has 18 heavy (non-hydrogen) atoms. The van der Waals surface area contributed by atoms with Gasteiger partial charge in [0, 0.05) is 6.54 Å². The van der Waals surface area contributed by atoms with Crippen molar-refractivity contribution in [2.24, 2.45) is 5.92 Å². The summed E-state index contributed by atoms with van der Waals surface area (Å²) in [5, 5.41) is 9.34. The number of piperidine rings is 1. The van der Waals surface area contributed by atoms with Crippen LogP contribution in [0.15, 0.2) is 30.3 Å². The molecule has 1 aromatic rings. The lowest BCUT2D eigenvalue weighted by Gasteiger charge is -2.29. The third kappa shape index (κ3) is 3.84. The Bertz CT molecular complexity index is 371. The van der Waals surface area contributed by atoms with Gasteiger partial charge in [-0.15, -0.1) is 0 Å². The van der Waals surface area contributed by atoms with E-state index in [4.69, 9.17) is 0 Å². The maximum Gasteiger partial charge on any atom is 0.308 e. The van der Waals surface area contributed by atoms with Gasteiger partial charge < -0.3 is 10.0 Å². The lowest BCUT2D eigenvalue weighted by molar-refractivity contribution is -0.142. The molecule has 1 heterocycles. The zero-order valence-electron chi connectivity index (χ0n) is 10.7. The number of likely N-dealkylation sites (tertiary alicyclic amines) is 1. The molecular formula is C15H21NO2. The summed E-state index contributed by atoms with van der Waals surface area (Å²) in [6.45, 7) is 2.79. The van der Waals surface area contributed by atoms with Gasteiger partial charge in [-0.05, 0) is 37.9 Å². The molecule has 0 saturated carbocycles. The molecule has 0 bridgehead atoms. The number of carbonyl (C=O) groups is 1. The smallest absolute Gasteiger partial charge is 0.308 e. The molecule has 2 rings (SSSR count). The summed E-state index contributed by atoms with van der Waals surface area (Å²) in [5.41, 5.74) is 1.11. The van der Waals surface area contributed by atoms with Crippen LogP contribution in [0, 0.1) is 5.92 Å². The Morgan fingerprint density at radius 2 is 1.83 bits per heavy atom. The van der Waals surface area contributed by atoms with Crippen LogP contribution >= 0.6 is 0 Å². The highest BCUT2D eigenvalue weighted by Crippen LogP contribution is 2.15. The van der Waals surface area contributed by atoms with Crippen LogP contribution in [-0.4, -0.2) is 35.6 Å². The molecule has 1 aliphatic heterocycles. The average molecular weight is 247 g/mol. The van der Waals surface area contributed by atoms with Gasteiger partial charge in [0.25, 0.3) is 0 Å². The number of carboxylic acid groups (broad SMARTS) is 1. The predicted molar refractivity (Wildman–Crippen MR) is 71.6 cm³/mol. The van der Waals surface area contributed by atoms with Crippen LogP contribution in [0.4, 0.5) is 0 Å². The van der Waals surface area contributed by atoms with Gasteiger partial charge in [-0.1, -0.05) is 36.8 Å². The molecule has 1 aromatic carbocycles. The molecule has 1 fully saturated rings. The van der Waals surface area contributed by atoms with Crippen molar-refractivity contribution in [3.63, 3.8) is 0 Å². The van der Waals surface area contributed by atoms with E-state index < -0.39 is 5.97 Å². The Labute approximate surface area is 108 Å². The predicted octanol–water partition coefficient (Wildman–Crippen LogP) is 2.42. The molecular weight excluding hydrogens is 226 g/mol. The van der Waals surface area contributed by atoms with Crippen LogP contribution in [0.2, 0.25) is 0 Å². The molecule has 98 valence electrons. The Balaban J connectivity index is 1.93. The van der Waals surface area contributed by atoms with Crippen LogP contribution in [0.1, 0.15) is 24.8 Å². The number of aliphatic carboxylic acids is 1. The van der Waals surface area contributed by atoms with E-state index in [9.17, 15) is 9.90 Å². The van der Waals surface area contributed by atoms with Crippen LogP contribution in [0.5, 0.6) is 0 Å². The van der Waals surface area contributed by atoms with Crippen LogP contribution in [0.3, 0.4) is 0 Å². The fraction of sp³-hybridized carbons (Fsp3) is 0.533. The summed E-state index contributed by atoms with van der Waals surface area (Å²) in [6.07, 6.45) is 4.33. The van der Waals surface area contributed by atoms with Crippen molar-refractivity contribution < 1.29 is 9.90 Å². The van der Waals surface area contributed by atoms with Crippen LogP contribution < -0.4 is 0 Å². The lowest BCUT2D eigenvalue weighted by atomic mass is 9.98. The highest BCUT2D eigenvalue weighted by atomic mass is 16.4. The third-order valence-corrected chi connectivity index (χ3v) is 3.60. The Morgan fingerprint density at radius 3 is 2.44 bits per heavy atom. The molecule has 0 aromatic heterocycles. The summed E-state index contributed by atoms with van der Waals surface area (Å²) >= 11 is 0. The highest BCUT2D eigenvalue weighted by molar-refractivity contribution is 5.70. The first kappa shape index (κ1) is 13.1. The SMILES string of the molecule is O=C(O)C(Cc1ccccc1)CN1CCCCC1. The average Bonchev–Trinajstić information content (AvgIpc) is 2.40. The van der Waals surface area contributed by atoms with E-state index in [2.05, 4.69) is 4.90 Å². The molecule has 1 N–H and O–H groups in total. The second-order valence-electron chi connectivity index (χ2n) is 5.09. The summed E-state index contributed by atoms with van der Waals surface area (Å²) < 4.78 is 0. The monoisotopic (exact) mass is 247 g/mol.